The van der Waals surface area contributed by atoms with Crippen molar-refractivity contribution in [3.8, 4) is 5.75 Å². The molecule has 1 aromatic rings. The first-order valence-electron chi connectivity index (χ1n) is 5.17. The van der Waals surface area contributed by atoms with E-state index in [2.05, 4.69) is 13.8 Å². The van der Waals surface area contributed by atoms with Crippen LogP contribution in [0.25, 0.3) is 0 Å². The predicted molar refractivity (Wildman–Crippen MR) is 67.9 cm³/mol. The molecule has 0 amide bonds. The normalized spacial score (nSPS) is 10.9. The van der Waals surface area contributed by atoms with Crippen molar-refractivity contribution in [2.45, 2.75) is 19.8 Å². The Morgan fingerprint density at radius 3 is 2.12 bits per heavy atom. The highest BCUT2D eigenvalue weighted by Crippen LogP contribution is 2.35. The molecule has 0 heterocycles. The van der Waals surface area contributed by atoms with Gasteiger partial charge in [-0.15, -0.1) is 0 Å². The summed E-state index contributed by atoms with van der Waals surface area (Å²) in [5.74, 6) is 0.976. The minimum atomic E-state index is 0.299. The minimum absolute atomic E-state index is 0.299. The largest absolute Gasteiger partial charge is 0.491 e. The minimum Gasteiger partial charge on any atom is -0.491 e. The third kappa shape index (κ3) is 3.55. The molecule has 0 unspecified atom stereocenters. The van der Waals surface area contributed by atoms with Crippen LogP contribution in [0.5, 0.6) is 5.75 Å². The zero-order chi connectivity index (χ0) is 12.1. The number of rotatable bonds is 5. The number of methoxy groups -OCH3 is 1. The maximum Gasteiger partial charge on any atom is 0.122 e. The Morgan fingerprint density at radius 1 is 1.12 bits per heavy atom. The van der Waals surface area contributed by atoms with E-state index in [9.17, 15) is 0 Å². The van der Waals surface area contributed by atoms with E-state index in [0.717, 1.165) is 5.56 Å². The number of hydrogen-bond acceptors (Lipinski definition) is 2. The molecule has 0 aliphatic heterocycles. The first-order valence-corrected chi connectivity index (χ1v) is 5.92. The molecule has 2 nitrogen and oxygen atoms in total. The lowest BCUT2D eigenvalue weighted by Crippen LogP contribution is -2.04. The second-order valence-corrected chi connectivity index (χ2v) is 4.61. The van der Waals surface area contributed by atoms with Crippen LogP contribution in [-0.4, -0.2) is 20.3 Å². The van der Waals surface area contributed by atoms with Gasteiger partial charge >= 0.3 is 0 Å². The summed E-state index contributed by atoms with van der Waals surface area (Å²) in [5.41, 5.74) is 0.961. The summed E-state index contributed by atoms with van der Waals surface area (Å²) in [4.78, 5) is 0. The SMILES string of the molecule is COCCOc1cc(Cl)c(C(C)C)c(Cl)c1. The lowest BCUT2D eigenvalue weighted by molar-refractivity contribution is 0.146. The van der Waals surface area contributed by atoms with Crippen molar-refractivity contribution in [2.24, 2.45) is 0 Å². The molecule has 0 fully saturated rings. The molecule has 0 saturated carbocycles. The number of hydrogen-bond donors (Lipinski definition) is 0. The first kappa shape index (κ1) is 13.6. The fourth-order valence-corrected chi connectivity index (χ4v) is 2.34. The van der Waals surface area contributed by atoms with Crippen molar-refractivity contribution >= 4 is 23.2 Å². The van der Waals surface area contributed by atoms with Gasteiger partial charge in [-0.05, 0) is 23.6 Å². The van der Waals surface area contributed by atoms with Crippen molar-refractivity contribution in [1.29, 1.82) is 0 Å². The molecule has 0 aromatic heterocycles. The third-order valence-electron chi connectivity index (χ3n) is 2.19. The zero-order valence-electron chi connectivity index (χ0n) is 9.72. The molecule has 4 heteroatoms. The highest BCUT2D eigenvalue weighted by Gasteiger charge is 2.12. The zero-order valence-corrected chi connectivity index (χ0v) is 11.2. The molecule has 0 atom stereocenters. The Bertz CT molecular complexity index is 328. The van der Waals surface area contributed by atoms with E-state index < -0.39 is 0 Å². The van der Waals surface area contributed by atoms with Crippen molar-refractivity contribution in [3.63, 3.8) is 0 Å². The van der Waals surface area contributed by atoms with Gasteiger partial charge in [0.15, 0.2) is 0 Å². The van der Waals surface area contributed by atoms with E-state index in [-0.39, 0.29) is 0 Å². The molecule has 0 aliphatic carbocycles. The van der Waals surface area contributed by atoms with E-state index in [1.165, 1.54) is 0 Å². The van der Waals surface area contributed by atoms with Crippen molar-refractivity contribution in [1.82, 2.24) is 0 Å². The van der Waals surface area contributed by atoms with Crippen LogP contribution in [0.2, 0.25) is 10.0 Å². The lowest BCUT2D eigenvalue weighted by atomic mass is 10.0. The van der Waals surface area contributed by atoms with E-state index >= 15 is 0 Å². The Balaban J connectivity index is 2.83. The Kier molecular flexibility index (Phi) is 5.39. The number of benzene rings is 1. The number of ether oxygens (including phenoxy) is 2. The molecule has 1 aromatic carbocycles. The van der Waals surface area contributed by atoms with Gasteiger partial charge in [-0.25, -0.2) is 0 Å². The molecule has 0 bridgehead atoms. The Morgan fingerprint density at radius 2 is 1.69 bits per heavy atom. The van der Waals surface area contributed by atoms with Crippen LogP contribution in [0.1, 0.15) is 25.3 Å². The monoisotopic (exact) mass is 262 g/mol. The van der Waals surface area contributed by atoms with Crippen LogP contribution in [-0.2, 0) is 4.74 Å². The summed E-state index contributed by atoms with van der Waals surface area (Å²) in [7, 11) is 1.63. The van der Waals surface area contributed by atoms with Gasteiger partial charge in [0.05, 0.1) is 6.61 Å². The van der Waals surface area contributed by atoms with Crippen molar-refractivity contribution < 1.29 is 9.47 Å². The molecule has 0 N–H and O–H groups in total. The number of halogens is 2. The van der Waals surface area contributed by atoms with Crippen LogP contribution >= 0.6 is 23.2 Å². The average molecular weight is 263 g/mol. The standard InChI is InChI=1S/C12H16Cl2O2/c1-8(2)12-10(13)6-9(7-11(12)14)16-5-4-15-3/h6-8H,4-5H2,1-3H3. The third-order valence-corrected chi connectivity index (χ3v) is 2.81. The summed E-state index contributed by atoms with van der Waals surface area (Å²) in [6.45, 7) is 5.14. The molecule has 0 saturated heterocycles. The van der Waals surface area contributed by atoms with Gasteiger partial charge in [-0.1, -0.05) is 37.0 Å². The highest BCUT2D eigenvalue weighted by atomic mass is 35.5. The van der Waals surface area contributed by atoms with Gasteiger partial charge in [-0.3, -0.25) is 0 Å². The van der Waals surface area contributed by atoms with Crippen molar-refractivity contribution in [3.05, 3.63) is 27.7 Å². The van der Waals surface area contributed by atoms with E-state index in [1.807, 2.05) is 0 Å². The summed E-state index contributed by atoms with van der Waals surface area (Å²) in [5, 5.41) is 1.30. The van der Waals surface area contributed by atoms with E-state index in [0.29, 0.717) is 34.9 Å². The van der Waals surface area contributed by atoms with Crippen LogP contribution in [0.3, 0.4) is 0 Å². The molecular formula is C12H16Cl2O2. The second-order valence-electron chi connectivity index (χ2n) is 3.80. The smallest absolute Gasteiger partial charge is 0.122 e. The summed E-state index contributed by atoms with van der Waals surface area (Å²) < 4.78 is 10.3. The molecular weight excluding hydrogens is 247 g/mol. The van der Waals surface area contributed by atoms with Crippen LogP contribution in [0.4, 0.5) is 0 Å². The first-order chi connectivity index (χ1) is 7.56. The van der Waals surface area contributed by atoms with Crippen molar-refractivity contribution in [2.75, 3.05) is 20.3 Å². The molecule has 0 radical (unpaired) electrons. The van der Waals surface area contributed by atoms with E-state index in [1.54, 1.807) is 19.2 Å². The maximum absolute atomic E-state index is 6.15. The van der Waals surface area contributed by atoms with Crippen LogP contribution in [0.15, 0.2) is 12.1 Å². The molecule has 0 spiro atoms. The van der Waals surface area contributed by atoms with Gasteiger partial charge in [0.1, 0.15) is 12.4 Å². The fraction of sp³-hybridized carbons (Fsp3) is 0.500. The summed E-state index contributed by atoms with van der Waals surface area (Å²) >= 11 is 12.3. The highest BCUT2D eigenvalue weighted by molar-refractivity contribution is 6.36. The van der Waals surface area contributed by atoms with Crippen LogP contribution in [0, 0.1) is 0 Å². The topological polar surface area (TPSA) is 18.5 Å². The van der Waals surface area contributed by atoms with Gasteiger partial charge in [-0.2, -0.15) is 0 Å². The molecule has 16 heavy (non-hydrogen) atoms. The Labute approximate surface area is 106 Å². The van der Waals surface area contributed by atoms with Gasteiger partial charge < -0.3 is 9.47 Å². The van der Waals surface area contributed by atoms with Crippen LogP contribution < -0.4 is 4.74 Å². The second kappa shape index (κ2) is 6.33. The van der Waals surface area contributed by atoms with Gasteiger partial charge in [0.25, 0.3) is 0 Å². The van der Waals surface area contributed by atoms with E-state index in [4.69, 9.17) is 32.7 Å². The van der Waals surface area contributed by atoms with Gasteiger partial charge in [0, 0.05) is 17.2 Å². The summed E-state index contributed by atoms with van der Waals surface area (Å²) in [6, 6.07) is 3.58. The predicted octanol–water partition coefficient (Wildman–Crippen LogP) is 4.14. The molecule has 1 rings (SSSR count). The molecule has 0 aliphatic rings. The Hall–Kier alpha value is -0.440. The quantitative estimate of drug-likeness (QED) is 0.743. The average Bonchev–Trinajstić information content (AvgIpc) is 2.16. The van der Waals surface area contributed by atoms with Gasteiger partial charge in [0.2, 0.25) is 0 Å². The lowest BCUT2D eigenvalue weighted by Gasteiger charge is -2.13. The summed E-state index contributed by atoms with van der Waals surface area (Å²) in [6.07, 6.45) is 0. The molecule has 90 valence electrons. The maximum atomic E-state index is 6.15. The fourth-order valence-electron chi connectivity index (χ4n) is 1.44.